The van der Waals surface area contributed by atoms with Gasteiger partial charge < -0.3 is 15.2 Å². The molecule has 2 amide bonds. The molecule has 0 radical (unpaired) electrons. The van der Waals surface area contributed by atoms with Crippen LogP contribution in [-0.2, 0) is 12.7 Å². The molecule has 34 heavy (non-hydrogen) atoms. The van der Waals surface area contributed by atoms with E-state index in [1.165, 1.54) is 29.3 Å². The summed E-state index contributed by atoms with van der Waals surface area (Å²) in [5.41, 5.74) is 3.91. The van der Waals surface area contributed by atoms with Crippen LogP contribution in [0.15, 0.2) is 65.7 Å². The smallest absolute Gasteiger partial charge is 0.416 e. The van der Waals surface area contributed by atoms with E-state index in [0.717, 1.165) is 40.1 Å². The minimum absolute atomic E-state index is 0.0365. The van der Waals surface area contributed by atoms with Crippen molar-refractivity contribution in [3.05, 3.63) is 88.9 Å². The topological polar surface area (TPSA) is 98.9 Å². The third kappa shape index (κ3) is 5.37. The first-order valence-electron chi connectivity index (χ1n) is 10.1. The highest BCUT2D eigenvalue weighted by Gasteiger charge is 2.30. The summed E-state index contributed by atoms with van der Waals surface area (Å²) in [5, 5.41) is 9.82. The lowest BCUT2D eigenvalue weighted by Crippen LogP contribution is -2.35. The molecule has 0 fully saturated rings. The van der Waals surface area contributed by atoms with E-state index in [-0.39, 0.29) is 11.6 Å². The fourth-order valence-electron chi connectivity index (χ4n) is 3.39. The summed E-state index contributed by atoms with van der Waals surface area (Å²) in [6.45, 7) is 4.26. The van der Waals surface area contributed by atoms with Crippen molar-refractivity contribution in [2.24, 2.45) is 0 Å². The Morgan fingerprint density at radius 3 is 2.71 bits per heavy atom. The second kappa shape index (κ2) is 9.30. The normalized spacial score (nSPS) is 11.3. The lowest BCUT2D eigenvalue weighted by Gasteiger charge is -2.15. The van der Waals surface area contributed by atoms with Crippen molar-refractivity contribution in [1.82, 2.24) is 15.2 Å². The van der Waals surface area contributed by atoms with E-state index in [2.05, 4.69) is 25.9 Å². The molecule has 11 heteroatoms. The number of carbonyl (C=O) groups excluding carboxylic acids is 1. The fourth-order valence-corrected chi connectivity index (χ4v) is 3.39. The minimum Gasteiger partial charge on any atom is -0.424 e. The molecule has 0 atom stereocenters. The molecule has 0 aliphatic rings. The van der Waals surface area contributed by atoms with Crippen LogP contribution in [0.25, 0.3) is 16.4 Å². The van der Waals surface area contributed by atoms with Crippen LogP contribution in [0.2, 0.25) is 0 Å². The van der Waals surface area contributed by atoms with Gasteiger partial charge in [-0.25, -0.2) is 9.97 Å². The SMILES string of the molecule is Cc1cc(C[n+]2cc([N-]C(=O)Nc3cccc(C(F)(F)F)c3)on2)ccc1-c1cncnc1C. The Morgan fingerprint density at radius 1 is 1.15 bits per heavy atom. The minimum atomic E-state index is -4.52. The Morgan fingerprint density at radius 2 is 1.97 bits per heavy atom. The molecule has 0 unspecified atom stereocenters. The number of aromatic nitrogens is 4. The van der Waals surface area contributed by atoms with E-state index in [1.54, 1.807) is 6.20 Å². The second-order valence-electron chi connectivity index (χ2n) is 7.53. The first-order chi connectivity index (χ1) is 16.2. The van der Waals surface area contributed by atoms with Gasteiger partial charge in [-0.3, -0.25) is 4.79 Å². The summed E-state index contributed by atoms with van der Waals surface area (Å²) in [5.74, 6) is -0.0881. The fraction of sp³-hybridized carbons (Fsp3) is 0.174. The molecular formula is C23H19F3N6O2. The predicted octanol–water partition coefficient (Wildman–Crippen LogP) is 5.34. The van der Waals surface area contributed by atoms with Gasteiger partial charge in [0.15, 0.2) is 11.3 Å². The van der Waals surface area contributed by atoms with Gasteiger partial charge in [0, 0.05) is 23.0 Å². The number of halogens is 3. The number of amides is 2. The maximum absolute atomic E-state index is 12.8. The number of benzene rings is 2. The predicted molar refractivity (Wildman–Crippen MR) is 116 cm³/mol. The first-order valence-corrected chi connectivity index (χ1v) is 10.1. The number of anilines is 1. The summed E-state index contributed by atoms with van der Waals surface area (Å²) in [7, 11) is 0. The Labute approximate surface area is 192 Å². The van der Waals surface area contributed by atoms with Crippen molar-refractivity contribution in [3.8, 4) is 11.1 Å². The molecule has 0 aliphatic heterocycles. The number of carbonyl (C=O) groups is 1. The molecule has 4 rings (SSSR count). The molecule has 0 bridgehead atoms. The van der Waals surface area contributed by atoms with Crippen LogP contribution in [0.1, 0.15) is 22.4 Å². The van der Waals surface area contributed by atoms with Crippen molar-refractivity contribution in [2.45, 2.75) is 26.6 Å². The van der Waals surface area contributed by atoms with Crippen LogP contribution < -0.4 is 10.00 Å². The third-order valence-electron chi connectivity index (χ3n) is 4.99. The van der Waals surface area contributed by atoms with E-state index >= 15 is 0 Å². The van der Waals surface area contributed by atoms with Gasteiger partial charge in [0.1, 0.15) is 6.33 Å². The number of urea groups is 1. The van der Waals surface area contributed by atoms with Gasteiger partial charge in [-0.15, -0.1) is 0 Å². The van der Waals surface area contributed by atoms with Crippen LogP contribution in [0.5, 0.6) is 0 Å². The Balaban J connectivity index is 1.40. The van der Waals surface area contributed by atoms with Gasteiger partial charge in [-0.1, -0.05) is 30.3 Å². The molecule has 1 N–H and O–H groups in total. The van der Waals surface area contributed by atoms with Crippen LogP contribution in [0, 0.1) is 13.8 Å². The van der Waals surface area contributed by atoms with Crippen LogP contribution in [-0.4, -0.2) is 21.3 Å². The number of nitrogens with one attached hydrogen (secondary N) is 1. The highest BCUT2D eigenvalue weighted by atomic mass is 19.4. The second-order valence-corrected chi connectivity index (χ2v) is 7.53. The standard InChI is InChI=1S/C23H19F3N6O2/c1-14-8-16(6-7-19(14)20-10-27-13-28-15(20)2)11-32-12-21(34-31-32)30-22(33)29-18-5-3-4-17(9-18)23(24,25)26/h3-10,12-13H,11H2,1-2H3,(H-,29,30,31,33). The number of nitrogens with zero attached hydrogens (tertiary/aromatic N) is 5. The first kappa shape index (κ1) is 22.9. The quantitative estimate of drug-likeness (QED) is 0.399. The van der Waals surface area contributed by atoms with Gasteiger partial charge in [-0.2, -0.15) is 13.2 Å². The largest absolute Gasteiger partial charge is 0.424 e. The zero-order valence-electron chi connectivity index (χ0n) is 18.2. The van der Waals surface area contributed by atoms with Gasteiger partial charge in [-0.05, 0) is 47.5 Å². The molecule has 174 valence electrons. The summed E-state index contributed by atoms with van der Waals surface area (Å²) >= 11 is 0. The molecule has 4 aromatic rings. The number of hydrogen-bond acceptors (Lipinski definition) is 5. The monoisotopic (exact) mass is 468 g/mol. The van der Waals surface area contributed by atoms with E-state index in [1.807, 2.05) is 32.0 Å². The van der Waals surface area contributed by atoms with Crippen LogP contribution >= 0.6 is 0 Å². The van der Waals surface area contributed by atoms with E-state index in [0.29, 0.717) is 6.54 Å². The summed E-state index contributed by atoms with van der Waals surface area (Å²) in [6.07, 6.45) is 0.184. The maximum Gasteiger partial charge on any atom is 0.416 e. The molecule has 2 heterocycles. The van der Waals surface area contributed by atoms with Crippen LogP contribution in [0.4, 0.5) is 29.5 Å². The maximum atomic E-state index is 12.8. The van der Waals surface area contributed by atoms with Crippen molar-refractivity contribution in [1.29, 1.82) is 0 Å². The average molecular weight is 468 g/mol. The summed E-state index contributed by atoms with van der Waals surface area (Å²) < 4.78 is 45.0. The highest BCUT2D eigenvalue weighted by Crippen LogP contribution is 2.31. The number of hydrogen-bond donors (Lipinski definition) is 1. The highest BCUT2D eigenvalue weighted by molar-refractivity contribution is 6.03. The Bertz CT molecular complexity index is 1340. The van der Waals surface area contributed by atoms with Crippen LogP contribution in [0.3, 0.4) is 0 Å². The van der Waals surface area contributed by atoms with E-state index in [4.69, 9.17) is 4.52 Å². The van der Waals surface area contributed by atoms with Gasteiger partial charge in [0.25, 0.3) is 0 Å². The Kier molecular flexibility index (Phi) is 6.26. The average Bonchev–Trinajstić information content (AvgIpc) is 3.20. The van der Waals surface area contributed by atoms with Crippen molar-refractivity contribution < 1.29 is 27.2 Å². The number of alkyl halides is 3. The van der Waals surface area contributed by atoms with E-state index < -0.39 is 17.8 Å². The van der Waals surface area contributed by atoms with Crippen molar-refractivity contribution in [2.75, 3.05) is 5.32 Å². The molecule has 8 nitrogen and oxygen atoms in total. The van der Waals surface area contributed by atoms with Gasteiger partial charge in [0.2, 0.25) is 18.6 Å². The Hall–Kier alpha value is -4.28. The molecule has 2 aromatic heterocycles. The lowest BCUT2D eigenvalue weighted by atomic mass is 9.98. The van der Waals surface area contributed by atoms with Gasteiger partial charge in [0.05, 0.1) is 5.56 Å². The molecular weight excluding hydrogens is 449 g/mol. The molecule has 2 aromatic carbocycles. The molecule has 0 spiro atoms. The van der Waals surface area contributed by atoms with E-state index in [9.17, 15) is 18.0 Å². The molecule has 0 aliphatic carbocycles. The van der Waals surface area contributed by atoms with Crippen molar-refractivity contribution >= 4 is 17.6 Å². The zero-order valence-corrected chi connectivity index (χ0v) is 18.2. The number of aryl methyl sites for hydroxylation is 2. The molecule has 0 saturated heterocycles. The summed E-state index contributed by atoms with van der Waals surface area (Å²) in [4.78, 5) is 20.4. The number of rotatable bonds is 5. The molecule has 0 saturated carbocycles. The van der Waals surface area contributed by atoms with Crippen molar-refractivity contribution in [3.63, 3.8) is 0 Å². The third-order valence-corrected chi connectivity index (χ3v) is 4.99. The van der Waals surface area contributed by atoms with Gasteiger partial charge >= 0.3 is 6.18 Å². The zero-order chi connectivity index (χ0) is 24.3. The summed E-state index contributed by atoms with van der Waals surface area (Å²) in [6, 6.07) is 9.29. The lowest BCUT2D eigenvalue weighted by molar-refractivity contribution is -0.754.